The molecule has 2 aromatic carbocycles. The first kappa shape index (κ1) is 15.6. The number of ether oxygens (including phenoxy) is 2. The number of aromatic nitrogens is 1. The minimum Gasteiger partial charge on any atom is -0.493 e. The van der Waals surface area contributed by atoms with Gasteiger partial charge in [-0.05, 0) is 60.9 Å². The van der Waals surface area contributed by atoms with Crippen molar-refractivity contribution in [3.05, 3.63) is 52.0 Å². The topological polar surface area (TPSA) is 31.4 Å². The Labute approximate surface area is 140 Å². The average Bonchev–Trinajstić information content (AvgIpc) is 2.94. The summed E-state index contributed by atoms with van der Waals surface area (Å²) < 4.78 is 11.8. The van der Waals surface area contributed by atoms with Gasteiger partial charge in [0.25, 0.3) is 0 Å². The predicted octanol–water partition coefficient (Wildman–Crippen LogP) is 5.10. The molecule has 0 spiro atoms. The van der Waals surface area contributed by atoms with Crippen molar-refractivity contribution < 1.29 is 9.47 Å². The zero-order chi connectivity index (χ0) is 16.4. The van der Waals surface area contributed by atoms with Crippen molar-refractivity contribution in [3.8, 4) is 11.5 Å². The predicted molar refractivity (Wildman–Crippen MR) is 97.6 cm³/mol. The zero-order valence-corrected chi connectivity index (χ0v) is 14.5. The SMILES string of the molecule is COc1ccc(/C=C/c2nc3cc(C)c(C)cc3s2)cc1OC. The van der Waals surface area contributed by atoms with Crippen LogP contribution in [0.3, 0.4) is 0 Å². The van der Waals surface area contributed by atoms with Crippen LogP contribution in [0.5, 0.6) is 11.5 Å². The van der Waals surface area contributed by atoms with Gasteiger partial charge in [0.05, 0.1) is 24.4 Å². The summed E-state index contributed by atoms with van der Waals surface area (Å²) >= 11 is 1.70. The molecule has 0 aliphatic rings. The minimum atomic E-state index is 0.727. The quantitative estimate of drug-likeness (QED) is 0.668. The Balaban J connectivity index is 1.90. The second kappa shape index (κ2) is 6.42. The maximum atomic E-state index is 5.33. The maximum Gasteiger partial charge on any atom is 0.161 e. The van der Waals surface area contributed by atoms with Crippen molar-refractivity contribution in [1.29, 1.82) is 0 Å². The number of thiazole rings is 1. The molecule has 3 rings (SSSR count). The molecule has 3 aromatic rings. The van der Waals surface area contributed by atoms with E-state index in [1.54, 1.807) is 25.6 Å². The highest BCUT2D eigenvalue weighted by Gasteiger charge is 2.05. The molecule has 0 amide bonds. The number of hydrogen-bond donors (Lipinski definition) is 0. The Bertz CT molecular complexity index is 841. The monoisotopic (exact) mass is 325 g/mol. The van der Waals surface area contributed by atoms with Gasteiger partial charge >= 0.3 is 0 Å². The van der Waals surface area contributed by atoms with E-state index >= 15 is 0 Å². The molecule has 1 heterocycles. The molecule has 23 heavy (non-hydrogen) atoms. The number of aryl methyl sites for hydroxylation is 2. The van der Waals surface area contributed by atoms with Gasteiger partial charge < -0.3 is 9.47 Å². The standard InChI is InChI=1S/C19H19NO2S/c1-12-9-15-18(10-13(12)2)23-19(20-15)8-6-14-5-7-16(21-3)17(11-14)22-4/h5-11H,1-4H3/b8-6+. The van der Waals surface area contributed by atoms with Crippen LogP contribution in [0, 0.1) is 13.8 Å². The van der Waals surface area contributed by atoms with Gasteiger partial charge in [0, 0.05) is 0 Å². The molecule has 118 valence electrons. The van der Waals surface area contributed by atoms with Gasteiger partial charge in [-0.2, -0.15) is 0 Å². The fourth-order valence-corrected chi connectivity index (χ4v) is 3.34. The van der Waals surface area contributed by atoms with Gasteiger partial charge in [-0.25, -0.2) is 4.98 Å². The molecule has 0 saturated heterocycles. The van der Waals surface area contributed by atoms with E-state index in [0.29, 0.717) is 0 Å². The third kappa shape index (κ3) is 3.22. The van der Waals surface area contributed by atoms with Gasteiger partial charge in [-0.15, -0.1) is 11.3 Å². The number of nitrogens with zero attached hydrogens (tertiary/aromatic N) is 1. The number of benzene rings is 2. The van der Waals surface area contributed by atoms with Crippen molar-refractivity contribution in [3.63, 3.8) is 0 Å². The van der Waals surface area contributed by atoms with Gasteiger partial charge in [-0.1, -0.05) is 12.1 Å². The van der Waals surface area contributed by atoms with E-state index in [1.165, 1.54) is 15.8 Å². The summed E-state index contributed by atoms with van der Waals surface area (Å²) in [4.78, 5) is 4.68. The fraction of sp³-hybridized carbons (Fsp3) is 0.211. The van der Waals surface area contributed by atoms with Crippen LogP contribution >= 0.6 is 11.3 Å². The first-order valence-corrected chi connectivity index (χ1v) is 8.20. The molecular weight excluding hydrogens is 306 g/mol. The molecule has 0 aliphatic heterocycles. The Kier molecular flexibility index (Phi) is 4.35. The summed E-state index contributed by atoms with van der Waals surface area (Å²) in [5.74, 6) is 1.46. The lowest BCUT2D eigenvalue weighted by molar-refractivity contribution is 0.355. The summed E-state index contributed by atoms with van der Waals surface area (Å²) in [6, 6.07) is 10.2. The molecule has 0 radical (unpaired) electrons. The molecular formula is C19H19NO2S. The van der Waals surface area contributed by atoms with Crippen LogP contribution in [-0.4, -0.2) is 19.2 Å². The van der Waals surface area contributed by atoms with Gasteiger partial charge in [-0.3, -0.25) is 0 Å². The highest BCUT2D eigenvalue weighted by Crippen LogP contribution is 2.29. The number of fused-ring (bicyclic) bond motifs is 1. The third-order valence-electron chi connectivity index (χ3n) is 3.85. The normalized spacial score (nSPS) is 11.3. The van der Waals surface area contributed by atoms with Crippen LogP contribution in [0.2, 0.25) is 0 Å². The van der Waals surface area contributed by atoms with Crippen molar-refractivity contribution in [2.75, 3.05) is 14.2 Å². The lowest BCUT2D eigenvalue weighted by atomic mass is 10.1. The summed E-state index contributed by atoms with van der Waals surface area (Å²) in [6.45, 7) is 4.25. The van der Waals surface area contributed by atoms with Crippen molar-refractivity contribution in [1.82, 2.24) is 4.98 Å². The molecule has 0 unspecified atom stereocenters. The zero-order valence-electron chi connectivity index (χ0n) is 13.7. The van der Waals surface area contributed by atoms with Gasteiger partial charge in [0.1, 0.15) is 5.01 Å². The van der Waals surface area contributed by atoms with E-state index < -0.39 is 0 Å². The van der Waals surface area contributed by atoms with Crippen molar-refractivity contribution in [2.24, 2.45) is 0 Å². The van der Waals surface area contributed by atoms with E-state index in [2.05, 4.69) is 31.0 Å². The average molecular weight is 325 g/mol. The molecule has 4 heteroatoms. The summed E-state index contributed by atoms with van der Waals surface area (Å²) in [7, 11) is 3.28. The summed E-state index contributed by atoms with van der Waals surface area (Å²) in [5.41, 5.74) is 4.69. The van der Waals surface area contributed by atoms with Crippen LogP contribution in [0.4, 0.5) is 0 Å². The Morgan fingerprint density at radius 1 is 0.913 bits per heavy atom. The van der Waals surface area contributed by atoms with Crippen molar-refractivity contribution in [2.45, 2.75) is 13.8 Å². The Morgan fingerprint density at radius 3 is 2.39 bits per heavy atom. The largest absolute Gasteiger partial charge is 0.493 e. The number of methoxy groups -OCH3 is 2. The van der Waals surface area contributed by atoms with Gasteiger partial charge in [0.2, 0.25) is 0 Å². The smallest absolute Gasteiger partial charge is 0.161 e. The highest BCUT2D eigenvalue weighted by atomic mass is 32.1. The van der Waals surface area contributed by atoms with Crippen LogP contribution < -0.4 is 9.47 Å². The molecule has 0 saturated carbocycles. The maximum absolute atomic E-state index is 5.33. The molecule has 0 atom stereocenters. The Morgan fingerprint density at radius 2 is 1.65 bits per heavy atom. The van der Waals surface area contributed by atoms with E-state index in [4.69, 9.17) is 9.47 Å². The second-order valence-electron chi connectivity index (χ2n) is 5.40. The van der Waals surface area contributed by atoms with Crippen LogP contribution in [0.15, 0.2) is 30.3 Å². The van der Waals surface area contributed by atoms with Crippen LogP contribution in [0.25, 0.3) is 22.4 Å². The van der Waals surface area contributed by atoms with E-state index in [1.807, 2.05) is 30.4 Å². The van der Waals surface area contributed by atoms with Crippen molar-refractivity contribution >= 4 is 33.7 Å². The second-order valence-corrected chi connectivity index (χ2v) is 6.47. The molecule has 0 N–H and O–H groups in total. The van der Waals surface area contributed by atoms with Crippen LogP contribution in [0.1, 0.15) is 21.7 Å². The minimum absolute atomic E-state index is 0.727. The first-order chi connectivity index (χ1) is 11.1. The van der Waals surface area contributed by atoms with E-state index in [0.717, 1.165) is 27.6 Å². The first-order valence-electron chi connectivity index (χ1n) is 7.38. The fourth-order valence-electron chi connectivity index (χ4n) is 2.39. The molecule has 1 aromatic heterocycles. The summed E-state index contributed by atoms with van der Waals surface area (Å²) in [6.07, 6.45) is 4.08. The van der Waals surface area contributed by atoms with Crippen LogP contribution in [-0.2, 0) is 0 Å². The third-order valence-corrected chi connectivity index (χ3v) is 4.83. The van der Waals surface area contributed by atoms with Gasteiger partial charge in [0.15, 0.2) is 11.5 Å². The highest BCUT2D eigenvalue weighted by molar-refractivity contribution is 7.19. The Hall–Kier alpha value is -2.33. The number of hydrogen-bond acceptors (Lipinski definition) is 4. The molecule has 3 nitrogen and oxygen atoms in total. The lowest BCUT2D eigenvalue weighted by Gasteiger charge is -2.07. The molecule has 0 fully saturated rings. The van der Waals surface area contributed by atoms with E-state index in [-0.39, 0.29) is 0 Å². The molecule has 0 aliphatic carbocycles. The molecule has 0 bridgehead atoms. The lowest BCUT2D eigenvalue weighted by Crippen LogP contribution is -1.90. The summed E-state index contributed by atoms with van der Waals surface area (Å²) in [5, 5.41) is 1.000. The number of rotatable bonds is 4. The van der Waals surface area contributed by atoms with E-state index in [9.17, 15) is 0 Å².